The van der Waals surface area contributed by atoms with Gasteiger partial charge < -0.3 is 0 Å². The summed E-state index contributed by atoms with van der Waals surface area (Å²) in [6.45, 7) is 3.97. The molecule has 0 saturated heterocycles. The minimum absolute atomic E-state index is 0.225. The monoisotopic (exact) mass is 227 g/mol. The lowest BCUT2D eigenvalue weighted by atomic mass is 10.1. The molecule has 0 fully saturated rings. The molecule has 2 aromatic carbocycles. The number of hydrogen-bond donors (Lipinski definition) is 0. The molecule has 0 spiro atoms. The van der Waals surface area contributed by atoms with E-state index >= 15 is 0 Å². The topological polar surface area (TPSA) is 12.4 Å². The zero-order valence-corrected chi connectivity index (χ0v) is 9.94. The average molecular weight is 227 g/mol. The smallest absolute Gasteiger partial charge is 0.123 e. The molecule has 0 bridgehead atoms. The Bertz CT molecular complexity index is 524. The third-order valence-corrected chi connectivity index (χ3v) is 2.59. The third kappa shape index (κ3) is 3.00. The van der Waals surface area contributed by atoms with Gasteiger partial charge in [-0.1, -0.05) is 29.8 Å². The van der Waals surface area contributed by atoms with E-state index in [1.54, 1.807) is 12.1 Å². The van der Waals surface area contributed by atoms with Gasteiger partial charge in [0, 0.05) is 5.71 Å². The highest BCUT2D eigenvalue weighted by Crippen LogP contribution is 2.15. The summed E-state index contributed by atoms with van der Waals surface area (Å²) in [6, 6.07) is 14.4. The van der Waals surface area contributed by atoms with E-state index in [0.29, 0.717) is 0 Å². The first kappa shape index (κ1) is 11.5. The van der Waals surface area contributed by atoms with Gasteiger partial charge in [-0.3, -0.25) is 4.99 Å². The zero-order valence-electron chi connectivity index (χ0n) is 9.94. The summed E-state index contributed by atoms with van der Waals surface area (Å²) in [5.74, 6) is -0.225. The standard InChI is InChI=1S/C15H14FN/c1-11-3-9-15(10-4-11)17-12(2)13-5-7-14(16)8-6-13/h3-10H,1-2H3. The molecule has 0 heterocycles. The van der Waals surface area contributed by atoms with Gasteiger partial charge in [0.05, 0.1) is 5.69 Å². The van der Waals surface area contributed by atoms with Gasteiger partial charge in [-0.15, -0.1) is 0 Å². The first-order chi connectivity index (χ1) is 8.15. The molecule has 86 valence electrons. The van der Waals surface area contributed by atoms with Gasteiger partial charge in [0.15, 0.2) is 0 Å². The Kier molecular flexibility index (Phi) is 3.33. The van der Waals surface area contributed by atoms with E-state index in [1.807, 2.05) is 38.1 Å². The molecule has 0 aliphatic heterocycles. The highest BCUT2D eigenvalue weighted by molar-refractivity contribution is 6.00. The van der Waals surface area contributed by atoms with Crippen LogP contribution in [-0.4, -0.2) is 5.71 Å². The van der Waals surface area contributed by atoms with Crippen molar-refractivity contribution >= 4 is 11.4 Å². The highest BCUT2D eigenvalue weighted by Gasteiger charge is 1.98. The van der Waals surface area contributed by atoms with Crippen LogP contribution >= 0.6 is 0 Å². The number of aliphatic imine (C=N–C) groups is 1. The van der Waals surface area contributed by atoms with Crippen molar-refractivity contribution in [1.29, 1.82) is 0 Å². The van der Waals surface area contributed by atoms with Crippen LogP contribution in [0.1, 0.15) is 18.1 Å². The Balaban J connectivity index is 2.27. The van der Waals surface area contributed by atoms with Crippen molar-refractivity contribution in [2.24, 2.45) is 4.99 Å². The normalized spacial score (nSPS) is 11.6. The second-order valence-corrected chi connectivity index (χ2v) is 4.04. The van der Waals surface area contributed by atoms with E-state index in [0.717, 1.165) is 17.0 Å². The number of nitrogens with zero attached hydrogens (tertiary/aromatic N) is 1. The van der Waals surface area contributed by atoms with Crippen molar-refractivity contribution in [1.82, 2.24) is 0 Å². The van der Waals surface area contributed by atoms with E-state index < -0.39 is 0 Å². The quantitative estimate of drug-likeness (QED) is 0.679. The molecular formula is C15H14FN. The van der Waals surface area contributed by atoms with Crippen LogP contribution in [-0.2, 0) is 0 Å². The molecule has 0 unspecified atom stereocenters. The lowest BCUT2D eigenvalue weighted by Crippen LogP contribution is -1.93. The van der Waals surface area contributed by atoms with Crippen LogP contribution in [0.2, 0.25) is 0 Å². The van der Waals surface area contributed by atoms with Gasteiger partial charge in [-0.2, -0.15) is 0 Å². The molecule has 0 amide bonds. The second kappa shape index (κ2) is 4.91. The fourth-order valence-corrected chi connectivity index (χ4v) is 1.57. The van der Waals surface area contributed by atoms with Crippen LogP contribution < -0.4 is 0 Å². The predicted molar refractivity (Wildman–Crippen MR) is 69.5 cm³/mol. The SMILES string of the molecule is CC(=Nc1ccc(C)cc1)c1ccc(F)cc1. The van der Waals surface area contributed by atoms with Crippen LogP contribution in [0.3, 0.4) is 0 Å². The van der Waals surface area contributed by atoms with E-state index in [4.69, 9.17) is 0 Å². The molecule has 1 nitrogen and oxygen atoms in total. The summed E-state index contributed by atoms with van der Waals surface area (Å²) < 4.78 is 12.8. The largest absolute Gasteiger partial charge is 0.253 e. The van der Waals surface area contributed by atoms with Crippen molar-refractivity contribution in [3.8, 4) is 0 Å². The van der Waals surface area contributed by atoms with Crippen molar-refractivity contribution in [3.63, 3.8) is 0 Å². The number of rotatable bonds is 2. The van der Waals surface area contributed by atoms with Gasteiger partial charge >= 0.3 is 0 Å². The predicted octanol–water partition coefficient (Wildman–Crippen LogP) is 4.27. The van der Waals surface area contributed by atoms with E-state index in [-0.39, 0.29) is 5.82 Å². The summed E-state index contributed by atoms with van der Waals surface area (Å²) in [6.07, 6.45) is 0. The Morgan fingerprint density at radius 3 is 2.12 bits per heavy atom. The van der Waals surface area contributed by atoms with Gasteiger partial charge in [-0.05, 0) is 43.7 Å². The molecule has 0 saturated carbocycles. The van der Waals surface area contributed by atoms with Gasteiger partial charge in [-0.25, -0.2) is 4.39 Å². The molecule has 2 aromatic rings. The Hall–Kier alpha value is -1.96. The molecule has 0 radical (unpaired) electrons. The van der Waals surface area contributed by atoms with Crippen molar-refractivity contribution in [2.45, 2.75) is 13.8 Å². The highest BCUT2D eigenvalue weighted by atomic mass is 19.1. The van der Waals surface area contributed by atoms with Gasteiger partial charge in [0.25, 0.3) is 0 Å². The zero-order chi connectivity index (χ0) is 12.3. The first-order valence-electron chi connectivity index (χ1n) is 5.53. The molecule has 0 aliphatic carbocycles. The number of aryl methyl sites for hydroxylation is 1. The summed E-state index contributed by atoms with van der Waals surface area (Å²) >= 11 is 0. The fraction of sp³-hybridized carbons (Fsp3) is 0.133. The fourth-order valence-electron chi connectivity index (χ4n) is 1.57. The molecule has 0 aliphatic rings. The minimum Gasteiger partial charge on any atom is -0.253 e. The third-order valence-electron chi connectivity index (χ3n) is 2.59. The molecule has 2 rings (SSSR count). The number of halogens is 1. The molecule has 0 N–H and O–H groups in total. The Labute approximate surface area is 101 Å². The lowest BCUT2D eigenvalue weighted by Gasteiger charge is -2.01. The van der Waals surface area contributed by atoms with Crippen LogP contribution in [0.25, 0.3) is 0 Å². The van der Waals surface area contributed by atoms with Crippen LogP contribution in [0.4, 0.5) is 10.1 Å². The number of hydrogen-bond acceptors (Lipinski definition) is 1. The van der Waals surface area contributed by atoms with E-state index in [2.05, 4.69) is 4.99 Å². The van der Waals surface area contributed by atoms with Crippen LogP contribution in [0.15, 0.2) is 53.5 Å². The summed E-state index contributed by atoms with van der Waals surface area (Å²) in [5, 5.41) is 0. The lowest BCUT2D eigenvalue weighted by molar-refractivity contribution is 0.628. The molecule has 0 aromatic heterocycles. The number of benzene rings is 2. The molecule has 0 atom stereocenters. The van der Waals surface area contributed by atoms with Crippen molar-refractivity contribution in [2.75, 3.05) is 0 Å². The second-order valence-electron chi connectivity index (χ2n) is 4.04. The minimum atomic E-state index is -0.225. The molecular weight excluding hydrogens is 213 g/mol. The summed E-state index contributed by atoms with van der Waals surface area (Å²) in [7, 11) is 0. The molecule has 2 heteroatoms. The van der Waals surface area contributed by atoms with Crippen LogP contribution in [0, 0.1) is 12.7 Å². The van der Waals surface area contributed by atoms with Gasteiger partial charge in [0.1, 0.15) is 5.82 Å². The maximum Gasteiger partial charge on any atom is 0.123 e. The Morgan fingerprint density at radius 2 is 1.53 bits per heavy atom. The Morgan fingerprint density at radius 1 is 0.941 bits per heavy atom. The van der Waals surface area contributed by atoms with Crippen molar-refractivity contribution in [3.05, 3.63) is 65.5 Å². The summed E-state index contributed by atoms with van der Waals surface area (Å²) in [4.78, 5) is 4.49. The molecule has 17 heavy (non-hydrogen) atoms. The van der Waals surface area contributed by atoms with E-state index in [1.165, 1.54) is 17.7 Å². The van der Waals surface area contributed by atoms with Gasteiger partial charge in [0.2, 0.25) is 0 Å². The van der Waals surface area contributed by atoms with E-state index in [9.17, 15) is 4.39 Å². The van der Waals surface area contributed by atoms with Crippen LogP contribution in [0.5, 0.6) is 0 Å². The van der Waals surface area contributed by atoms with Crippen molar-refractivity contribution < 1.29 is 4.39 Å². The summed E-state index contributed by atoms with van der Waals surface area (Å²) in [5.41, 5.74) is 3.95. The maximum absolute atomic E-state index is 12.8. The maximum atomic E-state index is 12.8. The first-order valence-corrected chi connectivity index (χ1v) is 5.53. The average Bonchev–Trinajstić information content (AvgIpc) is 2.33.